The molecule has 0 aliphatic heterocycles. The Morgan fingerprint density at radius 1 is 1.26 bits per heavy atom. The molecule has 2 aromatic rings. The van der Waals surface area contributed by atoms with Gasteiger partial charge in [-0.15, -0.1) is 0 Å². The third kappa shape index (κ3) is 4.07. The van der Waals surface area contributed by atoms with Gasteiger partial charge in [0.15, 0.2) is 6.61 Å². The first-order valence-corrected chi connectivity index (χ1v) is 7.16. The van der Waals surface area contributed by atoms with Gasteiger partial charge in [-0.1, -0.05) is 24.3 Å². The van der Waals surface area contributed by atoms with Crippen LogP contribution in [0.4, 0.5) is 4.39 Å². The Balaban J connectivity index is 2.00. The van der Waals surface area contributed by atoms with Crippen molar-refractivity contribution >= 4 is 5.91 Å². The molecular formula is C18H17FN2O2. The summed E-state index contributed by atoms with van der Waals surface area (Å²) in [5.41, 5.74) is 1.22. The number of hydrogen-bond donors (Lipinski definition) is 0. The maximum absolute atomic E-state index is 13.0. The zero-order chi connectivity index (χ0) is 16.8. The molecule has 0 saturated carbocycles. The van der Waals surface area contributed by atoms with Crippen LogP contribution in [0.5, 0.6) is 5.75 Å². The molecular weight excluding hydrogens is 295 g/mol. The van der Waals surface area contributed by atoms with Gasteiger partial charge in [0.1, 0.15) is 17.6 Å². The van der Waals surface area contributed by atoms with Crippen LogP contribution in [0.1, 0.15) is 24.1 Å². The van der Waals surface area contributed by atoms with E-state index in [1.807, 2.05) is 13.0 Å². The highest BCUT2D eigenvalue weighted by atomic mass is 19.1. The zero-order valence-electron chi connectivity index (χ0n) is 13.0. The third-order valence-corrected chi connectivity index (χ3v) is 3.69. The van der Waals surface area contributed by atoms with Crippen molar-refractivity contribution in [1.82, 2.24) is 4.90 Å². The van der Waals surface area contributed by atoms with Gasteiger partial charge in [0.25, 0.3) is 5.91 Å². The van der Waals surface area contributed by atoms with Crippen LogP contribution in [-0.4, -0.2) is 24.5 Å². The van der Waals surface area contributed by atoms with Crippen LogP contribution in [0.25, 0.3) is 0 Å². The summed E-state index contributed by atoms with van der Waals surface area (Å²) < 4.78 is 18.4. The first-order chi connectivity index (χ1) is 11.0. The lowest BCUT2D eigenvalue weighted by Gasteiger charge is -2.25. The molecule has 0 bridgehead atoms. The first-order valence-electron chi connectivity index (χ1n) is 7.16. The molecule has 0 radical (unpaired) electrons. The topological polar surface area (TPSA) is 53.3 Å². The molecule has 0 saturated heterocycles. The number of rotatable bonds is 5. The molecule has 0 fully saturated rings. The number of benzene rings is 2. The highest BCUT2D eigenvalue weighted by Gasteiger charge is 2.18. The number of nitrogens with zero attached hydrogens (tertiary/aromatic N) is 2. The van der Waals surface area contributed by atoms with Gasteiger partial charge in [-0.25, -0.2) is 4.39 Å². The number of halogens is 1. The molecule has 0 spiro atoms. The molecule has 1 atom stereocenters. The molecule has 1 amide bonds. The second kappa shape index (κ2) is 7.41. The van der Waals surface area contributed by atoms with Gasteiger partial charge in [-0.3, -0.25) is 4.79 Å². The van der Waals surface area contributed by atoms with E-state index in [0.29, 0.717) is 11.3 Å². The molecule has 0 N–H and O–H groups in total. The Hall–Kier alpha value is -2.87. The molecule has 0 aliphatic rings. The fraction of sp³-hybridized carbons (Fsp3) is 0.222. The first kappa shape index (κ1) is 16.5. The van der Waals surface area contributed by atoms with E-state index in [9.17, 15) is 9.18 Å². The quantitative estimate of drug-likeness (QED) is 0.851. The van der Waals surface area contributed by atoms with E-state index in [-0.39, 0.29) is 24.4 Å². The molecule has 0 aliphatic carbocycles. The summed E-state index contributed by atoms with van der Waals surface area (Å²) in [7, 11) is 1.66. The van der Waals surface area contributed by atoms with E-state index in [1.54, 1.807) is 43.4 Å². The predicted octanol–water partition coefficient (Wildman–Crippen LogP) is 3.30. The Morgan fingerprint density at radius 3 is 2.57 bits per heavy atom. The number of para-hydroxylation sites is 1. The third-order valence-electron chi connectivity index (χ3n) is 3.69. The summed E-state index contributed by atoms with van der Waals surface area (Å²) in [6.07, 6.45) is 0. The second-order valence-corrected chi connectivity index (χ2v) is 5.13. The molecule has 2 aromatic carbocycles. The number of nitriles is 1. The molecule has 4 nitrogen and oxygen atoms in total. The van der Waals surface area contributed by atoms with Crippen LogP contribution < -0.4 is 4.74 Å². The number of ether oxygens (including phenoxy) is 1. The van der Waals surface area contributed by atoms with E-state index in [2.05, 4.69) is 0 Å². The average Bonchev–Trinajstić information content (AvgIpc) is 2.59. The largest absolute Gasteiger partial charge is 0.482 e. The summed E-state index contributed by atoms with van der Waals surface area (Å²) in [6, 6.07) is 14.6. The highest BCUT2D eigenvalue weighted by molar-refractivity contribution is 5.78. The number of amides is 1. The van der Waals surface area contributed by atoms with Crippen LogP contribution in [0.15, 0.2) is 48.5 Å². The standard InChI is InChI=1S/C18H17FN2O2/c1-13(14-7-9-16(19)10-8-14)21(2)18(22)12-23-17-6-4-3-5-15(17)11-20/h3-10,13H,12H2,1-2H3/t13-/m0/s1. The lowest BCUT2D eigenvalue weighted by Crippen LogP contribution is -2.33. The maximum atomic E-state index is 13.0. The van der Waals surface area contributed by atoms with Crippen LogP contribution in [0, 0.1) is 17.1 Å². The van der Waals surface area contributed by atoms with Gasteiger partial charge in [-0.05, 0) is 36.8 Å². The van der Waals surface area contributed by atoms with Crippen molar-refractivity contribution in [2.24, 2.45) is 0 Å². The number of carbonyl (C=O) groups is 1. The maximum Gasteiger partial charge on any atom is 0.260 e. The van der Waals surface area contributed by atoms with E-state index >= 15 is 0 Å². The summed E-state index contributed by atoms with van der Waals surface area (Å²) in [5.74, 6) is -0.160. The molecule has 5 heteroatoms. The van der Waals surface area contributed by atoms with Crippen LogP contribution in [-0.2, 0) is 4.79 Å². The normalized spacial score (nSPS) is 11.4. The molecule has 0 unspecified atom stereocenters. The molecule has 2 rings (SSSR count). The predicted molar refractivity (Wildman–Crippen MR) is 84.2 cm³/mol. The van der Waals surface area contributed by atoms with Crippen molar-refractivity contribution in [2.45, 2.75) is 13.0 Å². The Bertz CT molecular complexity index is 723. The van der Waals surface area contributed by atoms with E-state index in [1.165, 1.54) is 17.0 Å². The van der Waals surface area contributed by atoms with Crippen LogP contribution in [0.3, 0.4) is 0 Å². The van der Waals surface area contributed by atoms with Crippen molar-refractivity contribution in [3.05, 3.63) is 65.5 Å². The number of carbonyl (C=O) groups excluding carboxylic acids is 1. The molecule has 0 heterocycles. The fourth-order valence-corrected chi connectivity index (χ4v) is 2.11. The van der Waals surface area contributed by atoms with Crippen LogP contribution >= 0.6 is 0 Å². The van der Waals surface area contributed by atoms with Gasteiger partial charge in [0.2, 0.25) is 0 Å². The highest BCUT2D eigenvalue weighted by Crippen LogP contribution is 2.20. The van der Waals surface area contributed by atoms with Gasteiger partial charge in [0.05, 0.1) is 11.6 Å². The van der Waals surface area contributed by atoms with Gasteiger partial charge >= 0.3 is 0 Å². The summed E-state index contributed by atoms with van der Waals surface area (Å²) in [6.45, 7) is 1.69. The minimum Gasteiger partial charge on any atom is -0.482 e. The lowest BCUT2D eigenvalue weighted by atomic mass is 10.1. The van der Waals surface area contributed by atoms with Crippen molar-refractivity contribution in [3.8, 4) is 11.8 Å². The fourth-order valence-electron chi connectivity index (χ4n) is 2.11. The minimum atomic E-state index is -0.314. The van der Waals surface area contributed by atoms with E-state index in [4.69, 9.17) is 10.00 Å². The zero-order valence-corrected chi connectivity index (χ0v) is 13.0. The Labute approximate surface area is 134 Å². The van der Waals surface area contributed by atoms with Crippen molar-refractivity contribution in [3.63, 3.8) is 0 Å². The van der Waals surface area contributed by atoms with Gasteiger partial charge < -0.3 is 9.64 Å². The molecule has 118 valence electrons. The van der Waals surface area contributed by atoms with Gasteiger partial charge in [-0.2, -0.15) is 5.26 Å². The van der Waals surface area contributed by atoms with Crippen molar-refractivity contribution < 1.29 is 13.9 Å². The van der Waals surface area contributed by atoms with E-state index < -0.39 is 0 Å². The number of hydrogen-bond acceptors (Lipinski definition) is 3. The monoisotopic (exact) mass is 312 g/mol. The molecule has 0 aromatic heterocycles. The van der Waals surface area contributed by atoms with E-state index in [0.717, 1.165) is 5.56 Å². The minimum absolute atomic E-state index is 0.166. The lowest BCUT2D eigenvalue weighted by molar-refractivity contribution is -0.134. The summed E-state index contributed by atoms with van der Waals surface area (Å²) >= 11 is 0. The summed E-state index contributed by atoms with van der Waals surface area (Å²) in [4.78, 5) is 13.8. The molecule has 23 heavy (non-hydrogen) atoms. The second-order valence-electron chi connectivity index (χ2n) is 5.13. The van der Waals surface area contributed by atoms with Crippen LogP contribution in [0.2, 0.25) is 0 Å². The Morgan fingerprint density at radius 2 is 1.91 bits per heavy atom. The average molecular weight is 312 g/mol. The summed E-state index contributed by atoms with van der Waals surface area (Å²) in [5, 5.41) is 9.00. The van der Waals surface area contributed by atoms with Crippen molar-refractivity contribution in [1.29, 1.82) is 5.26 Å². The van der Waals surface area contributed by atoms with Gasteiger partial charge in [0, 0.05) is 7.05 Å². The SMILES string of the molecule is C[C@@H](c1ccc(F)cc1)N(C)C(=O)COc1ccccc1C#N. The number of likely N-dealkylation sites (N-methyl/N-ethyl adjacent to an activating group) is 1. The smallest absolute Gasteiger partial charge is 0.260 e. The van der Waals surface area contributed by atoms with Crippen molar-refractivity contribution in [2.75, 3.05) is 13.7 Å². The Kier molecular flexibility index (Phi) is 5.32.